The van der Waals surface area contributed by atoms with Crippen molar-refractivity contribution in [1.82, 2.24) is 0 Å². The summed E-state index contributed by atoms with van der Waals surface area (Å²) in [4.78, 5) is 2.42. The first-order valence-electron chi connectivity index (χ1n) is 6.61. The van der Waals surface area contributed by atoms with Crippen molar-refractivity contribution in [1.29, 1.82) is 0 Å². The molecule has 0 aromatic heterocycles. The number of nitrogens with zero attached hydrogens (tertiary/aromatic N) is 1. The summed E-state index contributed by atoms with van der Waals surface area (Å²) < 4.78 is 0. The third kappa shape index (κ3) is 1.90. The van der Waals surface area contributed by atoms with Crippen LogP contribution in [0.1, 0.15) is 18.4 Å². The lowest BCUT2D eigenvalue weighted by Gasteiger charge is -2.29. The molecule has 2 aliphatic rings. The highest BCUT2D eigenvalue weighted by molar-refractivity contribution is 5.65. The van der Waals surface area contributed by atoms with Gasteiger partial charge in [-0.05, 0) is 42.5 Å². The molecule has 0 N–H and O–H groups in total. The highest BCUT2D eigenvalue weighted by Gasteiger charge is 2.20. The summed E-state index contributed by atoms with van der Waals surface area (Å²) in [5, 5.41) is 0. The van der Waals surface area contributed by atoms with Gasteiger partial charge in [0, 0.05) is 17.9 Å². The summed E-state index contributed by atoms with van der Waals surface area (Å²) in [6.45, 7) is 4.99. The van der Waals surface area contributed by atoms with E-state index in [1.54, 1.807) is 0 Å². The van der Waals surface area contributed by atoms with Gasteiger partial charge < -0.3 is 4.90 Å². The van der Waals surface area contributed by atoms with Crippen molar-refractivity contribution in [2.75, 3.05) is 11.4 Å². The maximum atomic E-state index is 4.01. The number of rotatable bonds is 2. The molecule has 1 heterocycles. The van der Waals surface area contributed by atoms with Gasteiger partial charge in [0.25, 0.3) is 0 Å². The number of hydrogen-bond donors (Lipinski definition) is 0. The van der Waals surface area contributed by atoms with E-state index in [0.717, 1.165) is 25.8 Å². The van der Waals surface area contributed by atoms with Gasteiger partial charge in [-0.15, -0.1) is 0 Å². The molecule has 0 atom stereocenters. The highest BCUT2D eigenvalue weighted by Crippen LogP contribution is 2.34. The Hall–Kier alpha value is -1.76. The topological polar surface area (TPSA) is 3.24 Å². The van der Waals surface area contributed by atoms with Gasteiger partial charge in [-0.3, -0.25) is 0 Å². The Balaban J connectivity index is 2.11. The minimum Gasteiger partial charge on any atom is -0.341 e. The molecule has 0 fully saturated rings. The number of para-hydroxylation sites is 1. The fourth-order valence-electron chi connectivity index (χ4n) is 2.73. The number of allylic oxidation sites excluding steroid dienone is 5. The van der Waals surface area contributed by atoms with Crippen LogP contribution in [0.2, 0.25) is 0 Å². The largest absolute Gasteiger partial charge is 0.341 e. The standard InChI is InChI=1S/C17H18N/c1-2-13-18-16-9-5-3-7-14(16)11-12-15-8-4-6-10-17(15)18/h3-7,9-10,12H,1-2,8,11,13H2. The summed E-state index contributed by atoms with van der Waals surface area (Å²) in [6, 6.07) is 8.70. The van der Waals surface area contributed by atoms with E-state index in [0.29, 0.717) is 0 Å². The lowest BCUT2D eigenvalue weighted by atomic mass is 10.0. The predicted molar refractivity (Wildman–Crippen MR) is 77.4 cm³/mol. The normalized spacial score (nSPS) is 17.5. The van der Waals surface area contributed by atoms with Crippen molar-refractivity contribution in [3.63, 3.8) is 0 Å². The van der Waals surface area contributed by atoms with Gasteiger partial charge in [0.15, 0.2) is 0 Å². The molecular formula is C17H18N. The lowest BCUT2D eigenvalue weighted by molar-refractivity contribution is 0.886. The Morgan fingerprint density at radius 2 is 2.06 bits per heavy atom. The number of anilines is 1. The third-order valence-corrected chi connectivity index (χ3v) is 3.58. The van der Waals surface area contributed by atoms with Crippen LogP contribution in [0.25, 0.3) is 0 Å². The minimum absolute atomic E-state index is 0.919. The van der Waals surface area contributed by atoms with Gasteiger partial charge in [-0.1, -0.05) is 43.4 Å². The first-order valence-corrected chi connectivity index (χ1v) is 6.61. The first-order chi connectivity index (χ1) is 8.90. The zero-order valence-corrected chi connectivity index (χ0v) is 10.6. The van der Waals surface area contributed by atoms with Crippen molar-refractivity contribution in [2.24, 2.45) is 0 Å². The molecule has 3 rings (SSSR count). The van der Waals surface area contributed by atoms with Gasteiger partial charge in [0.2, 0.25) is 0 Å². The lowest BCUT2D eigenvalue weighted by Crippen LogP contribution is -2.25. The third-order valence-electron chi connectivity index (χ3n) is 3.58. The van der Waals surface area contributed by atoms with Gasteiger partial charge >= 0.3 is 0 Å². The highest BCUT2D eigenvalue weighted by atomic mass is 15.1. The minimum atomic E-state index is 0.919. The van der Waals surface area contributed by atoms with E-state index in [-0.39, 0.29) is 0 Å². The van der Waals surface area contributed by atoms with Gasteiger partial charge in [0.05, 0.1) is 0 Å². The van der Waals surface area contributed by atoms with Gasteiger partial charge in [-0.25, -0.2) is 0 Å². The fourth-order valence-corrected chi connectivity index (χ4v) is 2.73. The molecular weight excluding hydrogens is 218 g/mol. The van der Waals surface area contributed by atoms with E-state index in [9.17, 15) is 0 Å². The maximum absolute atomic E-state index is 4.01. The molecule has 0 amide bonds. The van der Waals surface area contributed by atoms with Gasteiger partial charge in [0.1, 0.15) is 0 Å². The van der Waals surface area contributed by atoms with Gasteiger partial charge in [-0.2, -0.15) is 0 Å². The Morgan fingerprint density at radius 3 is 2.94 bits per heavy atom. The quantitative estimate of drug-likeness (QED) is 0.749. The second kappa shape index (κ2) is 4.85. The SMILES string of the molecule is [CH2]CCN1C2=CC=CCC2=CCc2ccccc21. The number of benzene rings is 1. The average molecular weight is 236 g/mol. The van der Waals surface area contributed by atoms with Crippen molar-refractivity contribution in [3.05, 3.63) is 72.3 Å². The summed E-state index contributed by atoms with van der Waals surface area (Å²) in [7, 11) is 0. The first kappa shape index (κ1) is 11.3. The summed E-state index contributed by atoms with van der Waals surface area (Å²) >= 11 is 0. The van der Waals surface area contributed by atoms with Crippen LogP contribution in [-0.4, -0.2) is 6.54 Å². The van der Waals surface area contributed by atoms with E-state index < -0.39 is 0 Å². The van der Waals surface area contributed by atoms with E-state index in [4.69, 9.17) is 0 Å². The second-order valence-corrected chi connectivity index (χ2v) is 4.75. The molecule has 0 unspecified atom stereocenters. The monoisotopic (exact) mass is 236 g/mol. The van der Waals surface area contributed by atoms with Crippen molar-refractivity contribution >= 4 is 5.69 Å². The smallest absolute Gasteiger partial charge is 0.0446 e. The molecule has 0 saturated carbocycles. The van der Waals surface area contributed by atoms with E-state index >= 15 is 0 Å². The van der Waals surface area contributed by atoms with Crippen LogP contribution in [-0.2, 0) is 6.42 Å². The molecule has 18 heavy (non-hydrogen) atoms. The predicted octanol–water partition coefficient (Wildman–Crippen LogP) is 4.04. The van der Waals surface area contributed by atoms with Crippen molar-refractivity contribution in [3.8, 4) is 0 Å². The second-order valence-electron chi connectivity index (χ2n) is 4.75. The van der Waals surface area contributed by atoms with Crippen LogP contribution in [0.5, 0.6) is 0 Å². The Kier molecular flexibility index (Phi) is 3.06. The fraction of sp³-hybridized carbons (Fsp3) is 0.235. The molecule has 0 spiro atoms. The Bertz CT molecular complexity index is 534. The van der Waals surface area contributed by atoms with Crippen LogP contribution in [0, 0.1) is 6.92 Å². The molecule has 1 aromatic rings. The molecule has 1 aliphatic carbocycles. The van der Waals surface area contributed by atoms with Crippen molar-refractivity contribution < 1.29 is 0 Å². The Labute approximate surface area is 109 Å². The van der Waals surface area contributed by atoms with Crippen LogP contribution in [0.15, 0.2) is 59.8 Å². The summed E-state index contributed by atoms with van der Waals surface area (Å²) in [5.74, 6) is 0. The Morgan fingerprint density at radius 1 is 1.17 bits per heavy atom. The zero-order chi connectivity index (χ0) is 12.4. The molecule has 1 radical (unpaired) electrons. The van der Waals surface area contributed by atoms with E-state index in [1.807, 2.05) is 0 Å². The average Bonchev–Trinajstić information content (AvgIpc) is 2.58. The van der Waals surface area contributed by atoms with Crippen molar-refractivity contribution in [2.45, 2.75) is 19.3 Å². The molecule has 1 heteroatoms. The number of fused-ring (bicyclic) bond motifs is 2. The molecule has 1 nitrogen and oxygen atoms in total. The molecule has 91 valence electrons. The zero-order valence-electron chi connectivity index (χ0n) is 10.6. The molecule has 0 saturated heterocycles. The summed E-state index contributed by atoms with van der Waals surface area (Å²) in [5.41, 5.74) is 5.55. The van der Waals surface area contributed by atoms with E-state index in [1.165, 1.54) is 22.5 Å². The van der Waals surface area contributed by atoms with E-state index in [2.05, 4.69) is 60.4 Å². The van der Waals surface area contributed by atoms with Crippen LogP contribution in [0.3, 0.4) is 0 Å². The van der Waals surface area contributed by atoms with Crippen LogP contribution >= 0.6 is 0 Å². The molecule has 0 bridgehead atoms. The maximum Gasteiger partial charge on any atom is 0.0446 e. The van der Waals surface area contributed by atoms with Crippen LogP contribution in [0.4, 0.5) is 5.69 Å². The molecule has 1 aliphatic heterocycles. The molecule has 1 aromatic carbocycles. The summed E-state index contributed by atoms with van der Waals surface area (Å²) in [6.07, 6.45) is 12.0. The van der Waals surface area contributed by atoms with Crippen LogP contribution < -0.4 is 4.90 Å². The number of hydrogen-bond acceptors (Lipinski definition) is 1.